The Hall–Kier alpha value is -1.18. The number of nitrogens with one attached hydrogen (secondary N) is 1. The highest BCUT2D eigenvalue weighted by molar-refractivity contribution is 5.57. The molecule has 0 amide bonds. The average Bonchev–Trinajstić information content (AvgIpc) is 2.28. The standard InChI is InChI=1S/C14H23NO/c1-5-11(3)10-15-13-8-7-12(4)9-14(13)16-6-2/h7-9,11,15H,5-6,10H2,1-4H3. The predicted molar refractivity (Wildman–Crippen MR) is 70.3 cm³/mol. The van der Waals surface area contributed by atoms with E-state index in [1.165, 1.54) is 12.0 Å². The van der Waals surface area contributed by atoms with E-state index in [0.29, 0.717) is 12.5 Å². The van der Waals surface area contributed by atoms with E-state index in [9.17, 15) is 0 Å². The lowest BCUT2D eigenvalue weighted by Gasteiger charge is -2.15. The van der Waals surface area contributed by atoms with E-state index >= 15 is 0 Å². The van der Waals surface area contributed by atoms with Gasteiger partial charge in [0.2, 0.25) is 0 Å². The third-order valence-electron chi connectivity index (χ3n) is 2.77. The van der Waals surface area contributed by atoms with Crippen LogP contribution >= 0.6 is 0 Å². The maximum absolute atomic E-state index is 5.62. The Labute approximate surface area is 99.0 Å². The van der Waals surface area contributed by atoms with Gasteiger partial charge < -0.3 is 10.1 Å². The van der Waals surface area contributed by atoms with Crippen molar-refractivity contribution in [3.8, 4) is 5.75 Å². The van der Waals surface area contributed by atoms with Crippen LogP contribution in [0.1, 0.15) is 32.8 Å². The van der Waals surface area contributed by atoms with Crippen molar-refractivity contribution < 1.29 is 4.74 Å². The number of benzene rings is 1. The van der Waals surface area contributed by atoms with Gasteiger partial charge in [0, 0.05) is 6.54 Å². The van der Waals surface area contributed by atoms with Crippen LogP contribution in [-0.4, -0.2) is 13.2 Å². The van der Waals surface area contributed by atoms with Crippen molar-refractivity contribution in [2.45, 2.75) is 34.1 Å². The Morgan fingerprint density at radius 3 is 2.69 bits per heavy atom. The molecule has 1 rings (SSSR count). The van der Waals surface area contributed by atoms with Crippen LogP contribution < -0.4 is 10.1 Å². The molecule has 2 heteroatoms. The molecule has 1 atom stereocenters. The van der Waals surface area contributed by atoms with Gasteiger partial charge in [-0.05, 0) is 37.5 Å². The number of ether oxygens (including phenoxy) is 1. The number of hydrogen-bond acceptors (Lipinski definition) is 2. The minimum Gasteiger partial charge on any atom is -0.492 e. The summed E-state index contributed by atoms with van der Waals surface area (Å²) < 4.78 is 5.62. The molecular formula is C14H23NO. The van der Waals surface area contributed by atoms with Crippen molar-refractivity contribution in [3.05, 3.63) is 23.8 Å². The van der Waals surface area contributed by atoms with Crippen molar-refractivity contribution >= 4 is 5.69 Å². The molecule has 16 heavy (non-hydrogen) atoms. The fourth-order valence-electron chi connectivity index (χ4n) is 1.48. The van der Waals surface area contributed by atoms with E-state index in [-0.39, 0.29) is 0 Å². The third kappa shape index (κ3) is 3.76. The molecule has 0 aliphatic heterocycles. The second-order valence-electron chi connectivity index (χ2n) is 4.33. The van der Waals surface area contributed by atoms with Gasteiger partial charge in [-0.1, -0.05) is 26.3 Å². The van der Waals surface area contributed by atoms with Gasteiger partial charge in [0.25, 0.3) is 0 Å². The minimum atomic E-state index is 0.691. The fraction of sp³-hybridized carbons (Fsp3) is 0.571. The van der Waals surface area contributed by atoms with Crippen LogP contribution in [0.3, 0.4) is 0 Å². The van der Waals surface area contributed by atoms with Gasteiger partial charge in [0.15, 0.2) is 0 Å². The molecule has 0 saturated carbocycles. The SMILES string of the molecule is CCOc1cc(C)ccc1NCC(C)CC. The highest BCUT2D eigenvalue weighted by Crippen LogP contribution is 2.26. The van der Waals surface area contributed by atoms with E-state index in [0.717, 1.165) is 18.0 Å². The molecule has 0 heterocycles. The molecule has 1 aromatic rings. The number of aryl methyl sites for hydroxylation is 1. The maximum atomic E-state index is 5.62. The molecule has 1 N–H and O–H groups in total. The minimum absolute atomic E-state index is 0.691. The summed E-state index contributed by atoms with van der Waals surface area (Å²) in [4.78, 5) is 0. The monoisotopic (exact) mass is 221 g/mol. The van der Waals surface area contributed by atoms with Crippen molar-refractivity contribution in [1.82, 2.24) is 0 Å². The lowest BCUT2D eigenvalue weighted by molar-refractivity contribution is 0.341. The van der Waals surface area contributed by atoms with Gasteiger partial charge in [0.05, 0.1) is 12.3 Å². The summed E-state index contributed by atoms with van der Waals surface area (Å²) in [5, 5.41) is 3.45. The second-order valence-corrected chi connectivity index (χ2v) is 4.33. The number of hydrogen-bond donors (Lipinski definition) is 1. The smallest absolute Gasteiger partial charge is 0.142 e. The van der Waals surface area contributed by atoms with Gasteiger partial charge in [0.1, 0.15) is 5.75 Å². The lowest BCUT2D eigenvalue weighted by Crippen LogP contribution is -2.11. The molecule has 2 nitrogen and oxygen atoms in total. The summed E-state index contributed by atoms with van der Waals surface area (Å²) in [5.74, 6) is 1.65. The highest BCUT2D eigenvalue weighted by atomic mass is 16.5. The first kappa shape index (κ1) is 12.9. The van der Waals surface area contributed by atoms with Gasteiger partial charge >= 0.3 is 0 Å². The highest BCUT2D eigenvalue weighted by Gasteiger charge is 2.04. The lowest BCUT2D eigenvalue weighted by atomic mass is 10.1. The first-order valence-corrected chi connectivity index (χ1v) is 6.14. The van der Waals surface area contributed by atoms with Crippen molar-refractivity contribution in [2.75, 3.05) is 18.5 Å². The molecular weight excluding hydrogens is 198 g/mol. The zero-order valence-corrected chi connectivity index (χ0v) is 10.8. The molecule has 0 fully saturated rings. The molecule has 0 spiro atoms. The number of rotatable bonds is 6. The first-order chi connectivity index (χ1) is 7.67. The molecule has 0 radical (unpaired) electrons. The van der Waals surface area contributed by atoms with Gasteiger partial charge in [-0.15, -0.1) is 0 Å². The molecule has 0 aliphatic rings. The van der Waals surface area contributed by atoms with Crippen LogP contribution in [0.5, 0.6) is 5.75 Å². The predicted octanol–water partition coefficient (Wildman–Crippen LogP) is 3.85. The Balaban J connectivity index is 2.70. The summed E-state index contributed by atoms with van der Waals surface area (Å²) in [7, 11) is 0. The van der Waals surface area contributed by atoms with E-state index < -0.39 is 0 Å². The summed E-state index contributed by atoms with van der Waals surface area (Å²) in [6, 6.07) is 6.30. The van der Waals surface area contributed by atoms with E-state index in [1.807, 2.05) is 6.92 Å². The normalized spacial score (nSPS) is 12.2. The topological polar surface area (TPSA) is 21.3 Å². The molecule has 0 aliphatic carbocycles. The largest absolute Gasteiger partial charge is 0.492 e. The first-order valence-electron chi connectivity index (χ1n) is 6.14. The van der Waals surface area contributed by atoms with Crippen molar-refractivity contribution in [3.63, 3.8) is 0 Å². The van der Waals surface area contributed by atoms with Crippen LogP contribution in [0, 0.1) is 12.8 Å². The zero-order chi connectivity index (χ0) is 12.0. The van der Waals surface area contributed by atoms with Crippen LogP contribution in [0.25, 0.3) is 0 Å². The Morgan fingerprint density at radius 1 is 1.31 bits per heavy atom. The molecule has 1 unspecified atom stereocenters. The molecule has 0 aromatic heterocycles. The van der Waals surface area contributed by atoms with E-state index in [1.54, 1.807) is 0 Å². The second kappa shape index (κ2) is 6.41. The van der Waals surface area contributed by atoms with Crippen LogP contribution in [0.2, 0.25) is 0 Å². The summed E-state index contributed by atoms with van der Waals surface area (Å²) in [5.41, 5.74) is 2.34. The van der Waals surface area contributed by atoms with Gasteiger partial charge in [-0.2, -0.15) is 0 Å². The summed E-state index contributed by atoms with van der Waals surface area (Å²) >= 11 is 0. The van der Waals surface area contributed by atoms with Crippen LogP contribution in [0.15, 0.2) is 18.2 Å². The molecule has 0 saturated heterocycles. The van der Waals surface area contributed by atoms with Gasteiger partial charge in [-0.3, -0.25) is 0 Å². The molecule has 90 valence electrons. The quantitative estimate of drug-likeness (QED) is 0.787. The third-order valence-corrected chi connectivity index (χ3v) is 2.77. The maximum Gasteiger partial charge on any atom is 0.142 e. The zero-order valence-electron chi connectivity index (χ0n) is 10.8. The van der Waals surface area contributed by atoms with Crippen molar-refractivity contribution in [1.29, 1.82) is 0 Å². The number of anilines is 1. The van der Waals surface area contributed by atoms with E-state index in [2.05, 4.69) is 44.3 Å². The molecule has 0 bridgehead atoms. The van der Waals surface area contributed by atoms with Crippen molar-refractivity contribution in [2.24, 2.45) is 5.92 Å². The van der Waals surface area contributed by atoms with Crippen LogP contribution in [-0.2, 0) is 0 Å². The summed E-state index contributed by atoms with van der Waals surface area (Å²) in [6.45, 7) is 10.3. The Bertz CT molecular complexity index is 323. The Morgan fingerprint density at radius 2 is 2.06 bits per heavy atom. The summed E-state index contributed by atoms with van der Waals surface area (Å²) in [6.07, 6.45) is 1.20. The van der Waals surface area contributed by atoms with E-state index in [4.69, 9.17) is 4.74 Å². The van der Waals surface area contributed by atoms with Gasteiger partial charge in [-0.25, -0.2) is 0 Å². The fourth-order valence-corrected chi connectivity index (χ4v) is 1.48. The Kier molecular flexibility index (Phi) is 5.17. The average molecular weight is 221 g/mol. The van der Waals surface area contributed by atoms with Crippen LogP contribution in [0.4, 0.5) is 5.69 Å². The molecule has 1 aromatic carbocycles.